The van der Waals surface area contributed by atoms with Crippen LogP contribution in [0, 0.1) is 5.82 Å². The smallest absolute Gasteiger partial charge is 0.123 e. The number of hydrogen-bond acceptors (Lipinski definition) is 2. The number of hydrogen-bond donors (Lipinski definition) is 1. The fourth-order valence-corrected chi connectivity index (χ4v) is 3.69. The van der Waals surface area contributed by atoms with Crippen LogP contribution in [-0.2, 0) is 6.42 Å². The van der Waals surface area contributed by atoms with Crippen molar-refractivity contribution in [2.75, 3.05) is 21.1 Å². The van der Waals surface area contributed by atoms with Crippen LogP contribution in [0.1, 0.15) is 37.7 Å². The van der Waals surface area contributed by atoms with E-state index in [1.54, 1.807) is 12.1 Å². The summed E-state index contributed by atoms with van der Waals surface area (Å²) in [5, 5.41) is 3.52. The van der Waals surface area contributed by atoms with Gasteiger partial charge in [0.25, 0.3) is 0 Å². The molecular formula is C17H27FN2. The largest absolute Gasteiger partial charge is 0.315 e. The monoisotopic (exact) mass is 278 g/mol. The summed E-state index contributed by atoms with van der Waals surface area (Å²) in [5.74, 6) is -0.158. The first-order valence-electron chi connectivity index (χ1n) is 7.67. The van der Waals surface area contributed by atoms with Crippen LogP contribution in [0.15, 0.2) is 24.3 Å². The third-order valence-electron chi connectivity index (χ3n) is 4.96. The van der Waals surface area contributed by atoms with Crippen molar-refractivity contribution in [2.24, 2.45) is 0 Å². The number of nitrogens with zero attached hydrogens (tertiary/aromatic N) is 1. The molecule has 1 aliphatic rings. The number of halogens is 1. The zero-order chi connectivity index (χ0) is 14.6. The van der Waals surface area contributed by atoms with Gasteiger partial charge in [-0.05, 0) is 58.1 Å². The van der Waals surface area contributed by atoms with E-state index in [2.05, 4.69) is 24.3 Å². The summed E-state index contributed by atoms with van der Waals surface area (Å²) in [7, 11) is 6.44. The number of benzene rings is 1. The molecule has 20 heavy (non-hydrogen) atoms. The summed E-state index contributed by atoms with van der Waals surface area (Å²) in [6, 6.07) is 7.34. The van der Waals surface area contributed by atoms with E-state index in [0.717, 1.165) is 6.42 Å². The molecule has 1 unspecified atom stereocenters. The molecule has 1 N–H and O–H groups in total. The Morgan fingerprint density at radius 3 is 2.25 bits per heavy atom. The van der Waals surface area contributed by atoms with Gasteiger partial charge in [0, 0.05) is 11.6 Å². The second-order valence-electron chi connectivity index (χ2n) is 6.23. The van der Waals surface area contributed by atoms with E-state index in [1.165, 1.54) is 37.7 Å². The Kier molecular flexibility index (Phi) is 5.17. The Balaban J connectivity index is 2.18. The van der Waals surface area contributed by atoms with Crippen LogP contribution < -0.4 is 5.32 Å². The second-order valence-corrected chi connectivity index (χ2v) is 6.23. The number of likely N-dealkylation sites (N-methyl/N-ethyl adjacent to an activating group) is 2. The van der Waals surface area contributed by atoms with Crippen LogP contribution in [0.2, 0.25) is 0 Å². The van der Waals surface area contributed by atoms with Crippen molar-refractivity contribution in [1.82, 2.24) is 10.2 Å². The minimum Gasteiger partial charge on any atom is -0.315 e. The maximum Gasteiger partial charge on any atom is 0.123 e. The minimum absolute atomic E-state index is 0.158. The average molecular weight is 278 g/mol. The maximum atomic E-state index is 13.0. The van der Waals surface area contributed by atoms with Gasteiger partial charge in [0.05, 0.1) is 0 Å². The fourth-order valence-electron chi connectivity index (χ4n) is 3.69. The lowest BCUT2D eigenvalue weighted by Gasteiger charge is -2.48. The molecule has 1 aliphatic carbocycles. The van der Waals surface area contributed by atoms with E-state index in [0.29, 0.717) is 6.04 Å². The first kappa shape index (κ1) is 15.5. The normalized spacial score (nSPS) is 20.1. The summed E-state index contributed by atoms with van der Waals surface area (Å²) in [6.07, 6.45) is 7.40. The van der Waals surface area contributed by atoms with Crippen molar-refractivity contribution in [3.63, 3.8) is 0 Å². The molecule has 1 saturated carbocycles. The third kappa shape index (κ3) is 3.21. The zero-order valence-electron chi connectivity index (χ0n) is 13.0. The predicted molar refractivity (Wildman–Crippen MR) is 82.5 cm³/mol. The summed E-state index contributed by atoms with van der Waals surface area (Å²) < 4.78 is 13.0. The Morgan fingerprint density at radius 1 is 1.15 bits per heavy atom. The minimum atomic E-state index is -0.158. The van der Waals surface area contributed by atoms with E-state index in [4.69, 9.17) is 0 Å². The van der Waals surface area contributed by atoms with Crippen molar-refractivity contribution in [1.29, 1.82) is 0 Å². The molecule has 0 heterocycles. The molecular weight excluding hydrogens is 251 g/mol. The van der Waals surface area contributed by atoms with E-state index < -0.39 is 0 Å². The van der Waals surface area contributed by atoms with Crippen molar-refractivity contribution >= 4 is 0 Å². The molecule has 0 radical (unpaired) electrons. The molecule has 0 aliphatic heterocycles. The summed E-state index contributed by atoms with van der Waals surface area (Å²) in [5.41, 5.74) is 1.43. The molecule has 0 aromatic heterocycles. The van der Waals surface area contributed by atoms with Gasteiger partial charge >= 0.3 is 0 Å². The molecule has 0 bridgehead atoms. The molecule has 1 atom stereocenters. The lowest BCUT2D eigenvalue weighted by Crippen LogP contribution is -2.60. The lowest BCUT2D eigenvalue weighted by atomic mass is 9.73. The van der Waals surface area contributed by atoms with Gasteiger partial charge in [0.15, 0.2) is 0 Å². The SMILES string of the molecule is CNC(Cc1ccc(F)cc1)C1(N(C)C)CCCCC1. The van der Waals surface area contributed by atoms with Gasteiger partial charge in [0.2, 0.25) is 0 Å². The first-order valence-corrected chi connectivity index (χ1v) is 7.67. The molecule has 112 valence electrons. The van der Waals surface area contributed by atoms with E-state index in [9.17, 15) is 4.39 Å². The molecule has 0 spiro atoms. The van der Waals surface area contributed by atoms with E-state index in [1.807, 2.05) is 19.2 Å². The molecule has 1 aromatic rings. The van der Waals surface area contributed by atoms with Gasteiger partial charge in [-0.2, -0.15) is 0 Å². The molecule has 3 heteroatoms. The van der Waals surface area contributed by atoms with Crippen LogP contribution in [0.5, 0.6) is 0 Å². The molecule has 2 rings (SSSR count). The van der Waals surface area contributed by atoms with Crippen LogP contribution >= 0.6 is 0 Å². The van der Waals surface area contributed by atoms with Gasteiger partial charge in [-0.15, -0.1) is 0 Å². The van der Waals surface area contributed by atoms with Crippen LogP contribution in [-0.4, -0.2) is 37.6 Å². The standard InChI is InChI=1S/C17H27FN2/c1-19-16(13-14-7-9-15(18)10-8-14)17(20(2)3)11-5-4-6-12-17/h7-10,16,19H,4-6,11-13H2,1-3H3. The van der Waals surface area contributed by atoms with Crippen LogP contribution in [0.25, 0.3) is 0 Å². The molecule has 0 amide bonds. The number of rotatable bonds is 5. The summed E-state index contributed by atoms with van der Waals surface area (Å²) in [4.78, 5) is 2.40. The average Bonchev–Trinajstić information content (AvgIpc) is 2.47. The molecule has 2 nitrogen and oxygen atoms in total. The lowest BCUT2D eigenvalue weighted by molar-refractivity contribution is 0.0598. The quantitative estimate of drug-likeness (QED) is 0.889. The third-order valence-corrected chi connectivity index (χ3v) is 4.96. The van der Waals surface area contributed by atoms with Gasteiger partial charge in [0.1, 0.15) is 5.82 Å². The van der Waals surface area contributed by atoms with Gasteiger partial charge in [-0.1, -0.05) is 31.4 Å². The summed E-state index contributed by atoms with van der Waals surface area (Å²) >= 11 is 0. The zero-order valence-corrected chi connectivity index (χ0v) is 13.0. The Morgan fingerprint density at radius 2 is 1.75 bits per heavy atom. The first-order chi connectivity index (χ1) is 9.58. The molecule has 1 aromatic carbocycles. The van der Waals surface area contributed by atoms with Crippen LogP contribution in [0.3, 0.4) is 0 Å². The van der Waals surface area contributed by atoms with E-state index in [-0.39, 0.29) is 11.4 Å². The van der Waals surface area contributed by atoms with Gasteiger partial charge in [-0.3, -0.25) is 0 Å². The Bertz CT molecular complexity index is 408. The number of nitrogens with one attached hydrogen (secondary N) is 1. The maximum absolute atomic E-state index is 13.0. The highest BCUT2D eigenvalue weighted by atomic mass is 19.1. The Labute approximate surface area is 122 Å². The summed E-state index contributed by atoms with van der Waals surface area (Å²) in [6.45, 7) is 0. The van der Waals surface area contributed by atoms with Crippen LogP contribution in [0.4, 0.5) is 4.39 Å². The second kappa shape index (κ2) is 6.68. The van der Waals surface area contributed by atoms with Crippen molar-refractivity contribution < 1.29 is 4.39 Å². The van der Waals surface area contributed by atoms with Crippen molar-refractivity contribution in [2.45, 2.75) is 50.1 Å². The van der Waals surface area contributed by atoms with Crippen molar-refractivity contribution in [3.8, 4) is 0 Å². The van der Waals surface area contributed by atoms with Gasteiger partial charge in [-0.25, -0.2) is 4.39 Å². The van der Waals surface area contributed by atoms with E-state index >= 15 is 0 Å². The predicted octanol–water partition coefficient (Wildman–Crippen LogP) is 3.22. The highest BCUT2D eigenvalue weighted by molar-refractivity contribution is 5.19. The molecule has 1 fully saturated rings. The van der Waals surface area contributed by atoms with Gasteiger partial charge < -0.3 is 10.2 Å². The highest BCUT2D eigenvalue weighted by Gasteiger charge is 2.40. The molecule has 0 saturated heterocycles. The highest BCUT2D eigenvalue weighted by Crippen LogP contribution is 2.36. The van der Waals surface area contributed by atoms with Crippen molar-refractivity contribution in [3.05, 3.63) is 35.6 Å². The fraction of sp³-hybridized carbons (Fsp3) is 0.647. The topological polar surface area (TPSA) is 15.3 Å². The Hall–Kier alpha value is -0.930.